The van der Waals surface area contributed by atoms with Crippen LogP contribution < -0.4 is 5.32 Å². The first-order valence-corrected chi connectivity index (χ1v) is 8.09. The highest BCUT2D eigenvalue weighted by atomic mass is 16.4. The average Bonchev–Trinajstić information content (AvgIpc) is 2.99. The normalized spacial score (nSPS) is 11.0. The zero-order valence-corrected chi connectivity index (χ0v) is 13.9. The summed E-state index contributed by atoms with van der Waals surface area (Å²) in [6, 6.07) is 17.6. The molecule has 5 heteroatoms. The quantitative estimate of drug-likeness (QED) is 0.556. The van der Waals surface area contributed by atoms with E-state index in [0.717, 1.165) is 21.9 Å². The van der Waals surface area contributed by atoms with Gasteiger partial charge in [0, 0.05) is 16.3 Å². The van der Waals surface area contributed by atoms with Crippen molar-refractivity contribution in [3.05, 3.63) is 77.4 Å². The molecule has 0 radical (unpaired) electrons. The number of rotatable bonds is 3. The van der Waals surface area contributed by atoms with E-state index in [1.165, 1.54) is 6.07 Å². The van der Waals surface area contributed by atoms with E-state index in [-0.39, 0.29) is 17.2 Å². The van der Waals surface area contributed by atoms with Crippen molar-refractivity contribution in [3.8, 4) is 0 Å². The molecule has 1 amide bonds. The van der Waals surface area contributed by atoms with E-state index in [2.05, 4.69) is 5.32 Å². The van der Waals surface area contributed by atoms with Crippen molar-refractivity contribution in [1.82, 2.24) is 0 Å². The molecule has 4 rings (SSSR count). The number of carboxylic acids is 1. The fourth-order valence-electron chi connectivity index (χ4n) is 3.01. The second-order valence-electron chi connectivity index (χ2n) is 6.12. The van der Waals surface area contributed by atoms with Crippen LogP contribution in [0.3, 0.4) is 0 Å². The van der Waals surface area contributed by atoms with Gasteiger partial charge in [-0.3, -0.25) is 4.79 Å². The van der Waals surface area contributed by atoms with Crippen LogP contribution in [0.2, 0.25) is 0 Å². The van der Waals surface area contributed by atoms with Crippen LogP contribution >= 0.6 is 0 Å². The Morgan fingerprint density at radius 3 is 2.50 bits per heavy atom. The number of nitrogens with one attached hydrogen (secondary N) is 1. The highest BCUT2D eigenvalue weighted by molar-refractivity contribution is 6.12. The summed E-state index contributed by atoms with van der Waals surface area (Å²) in [5, 5.41) is 13.8. The Morgan fingerprint density at radius 2 is 1.69 bits per heavy atom. The van der Waals surface area contributed by atoms with E-state index in [0.29, 0.717) is 11.1 Å². The fourth-order valence-corrected chi connectivity index (χ4v) is 3.01. The van der Waals surface area contributed by atoms with Gasteiger partial charge < -0.3 is 14.8 Å². The Hall–Kier alpha value is -3.60. The van der Waals surface area contributed by atoms with Gasteiger partial charge >= 0.3 is 5.97 Å². The van der Waals surface area contributed by atoms with Crippen LogP contribution in [0.5, 0.6) is 0 Å². The molecule has 1 aromatic heterocycles. The monoisotopic (exact) mass is 345 g/mol. The molecule has 2 N–H and O–H groups in total. The van der Waals surface area contributed by atoms with Gasteiger partial charge in [-0.1, -0.05) is 24.3 Å². The molecule has 0 fully saturated rings. The van der Waals surface area contributed by atoms with Gasteiger partial charge in [-0.05, 0) is 48.9 Å². The highest BCUT2D eigenvalue weighted by Gasteiger charge is 2.15. The minimum absolute atomic E-state index is 0.0544. The van der Waals surface area contributed by atoms with E-state index in [9.17, 15) is 14.7 Å². The molecule has 0 spiro atoms. The van der Waals surface area contributed by atoms with Crippen LogP contribution in [0.4, 0.5) is 5.69 Å². The molecule has 0 saturated heterocycles. The van der Waals surface area contributed by atoms with Crippen molar-refractivity contribution in [2.45, 2.75) is 6.92 Å². The van der Waals surface area contributed by atoms with Crippen LogP contribution in [0, 0.1) is 6.92 Å². The number of hydrogen-bond donors (Lipinski definition) is 2. The number of benzene rings is 3. The Balaban J connectivity index is 1.74. The predicted octanol–water partition coefficient (Wildman–Crippen LogP) is 4.84. The third-order valence-electron chi connectivity index (χ3n) is 4.29. The van der Waals surface area contributed by atoms with Gasteiger partial charge in [0.05, 0.1) is 11.3 Å². The van der Waals surface area contributed by atoms with Crippen LogP contribution in [-0.4, -0.2) is 17.0 Å². The lowest BCUT2D eigenvalue weighted by molar-refractivity contribution is 0.0698. The maximum atomic E-state index is 12.7. The number of hydrogen-bond acceptors (Lipinski definition) is 3. The molecule has 0 aliphatic heterocycles. The van der Waals surface area contributed by atoms with Crippen molar-refractivity contribution in [2.75, 3.05) is 5.32 Å². The van der Waals surface area contributed by atoms with Crippen LogP contribution in [0.25, 0.3) is 21.9 Å². The van der Waals surface area contributed by atoms with E-state index < -0.39 is 5.97 Å². The lowest BCUT2D eigenvalue weighted by atomic mass is 10.1. The highest BCUT2D eigenvalue weighted by Crippen LogP contribution is 2.29. The van der Waals surface area contributed by atoms with Crippen molar-refractivity contribution in [2.24, 2.45) is 0 Å². The van der Waals surface area contributed by atoms with Gasteiger partial charge in [-0.25, -0.2) is 4.79 Å². The van der Waals surface area contributed by atoms with Gasteiger partial charge in [0.15, 0.2) is 0 Å². The number of fused-ring (bicyclic) bond motifs is 3. The van der Waals surface area contributed by atoms with Crippen molar-refractivity contribution in [1.29, 1.82) is 0 Å². The molecule has 0 saturated carbocycles. The molecule has 1 heterocycles. The van der Waals surface area contributed by atoms with Gasteiger partial charge in [0.1, 0.15) is 11.2 Å². The molecule has 4 aromatic rings. The number of aryl methyl sites for hydroxylation is 1. The molecule has 26 heavy (non-hydrogen) atoms. The summed E-state index contributed by atoms with van der Waals surface area (Å²) in [5.41, 5.74) is 3.08. The van der Waals surface area contributed by atoms with Crippen LogP contribution in [0.1, 0.15) is 26.3 Å². The largest absolute Gasteiger partial charge is 0.478 e. The number of carbonyl (C=O) groups excluding carboxylic acids is 1. The Morgan fingerprint density at radius 1 is 0.923 bits per heavy atom. The average molecular weight is 345 g/mol. The zero-order valence-electron chi connectivity index (χ0n) is 13.9. The summed E-state index contributed by atoms with van der Waals surface area (Å²) in [6.45, 7) is 1.84. The van der Waals surface area contributed by atoms with E-state index in [4.69, 9.17) is 4.42 Å². The van der Waals surface area contributed by atoms with E-state index >= 15 is 0 Å². The Bertz CT molecular complexity index is 1170. The molecular weight excluding hydrogens is 330 g/mol. The standard InChI is InChI=1S/C21H15NO4/c1-12-6-8-15(21(24)25)17(10-12)22-20(23)13-7-9-19-16(11-13)14-4-2-3-5-18(14)26-19/h2-11H,1H3,(H,22,23)(H,24,25). The molecule has 5 nitrogen and oxygen atoms in total. The van der Waals surface area contributed by atoms with E-state index in [1.807, 2.05) is 31.2 Å². The van der Waals surface area contributed by atoms with Crippen molar-refractivity contribution >= 4 is 39.5 Å². The molecule has 0 bridgehead atoms. The number of aromatic carboxylic acids is 1. The first-order valence-electron chi connectivity index (χ1n) is 8.09. The number of carboxylic acid groups (broad SMARTS) is 1. The first-order chi connectivity index (χ1) is 12.5. The SMILES string of the molecule is Cc1ccc(C(=O)O)c(NC(=O)c2ccc3oc4ccccc4c3c2)c1. The van der Waals surface area contributed by atoms with Gasteiger partial charge in [0.2, 0.25) is 0 Å². The van der Waals surface area contributed by atoms with Gasteiger partial charge in [-0.2, -0.15) is 0 Å². The van der Waals surface area contributed by atoms with Crippen molar-refractivity contribution in [3.63, 3.8) is 0 Å². The second-order valence-corrected chi connectivity index (χ2v) is 6.12. The maximum absolute atomic E-state index is 12.7. The molecule has 0 aliphatic rings. The summed E-state index contributed by atoms with van der Waals surface area (Å²) < 4.78 is 5.76. The molecule has 3 aromatic carbocycles. The first kappa shape index (κ1) is 15.9. The number of carbonyl (C=O) groups is 2. The van der Waals surface area contributed by atoms with Crippen LogP contribution in [-0.2, 0) is 0 Å². The van der Waals surface area contributed by atoms with Crippen LogP contribution in [0.15, 0.2) is 65.1 Å². The minimum atomic E-state index is -1.09. The van der Waals surface area contributed by atoms with Gasteiger partial charge in [0.25, 0.3) is 5.91 Å². The summed E-state index contributed by atoms with van der Waals surface area (Å²) in [4.78, 5) is 24.0. The third kappa shape index (κ3) is 2.69. The maximum Gasteiger partial charge on any atom is 0.337 e. The molecule has 0 aliphatic carbocycles. The Kier molecular flexibility index (Phi) is 3.69. The lowest BCUT2D eigenvalue weighted by Crippen LogP contribution is -2.15. The fraction of sp³-hybridized carbons (Fsp3) is 0.0476. The third-order valence-corrected chi connectivity index (χ3v) is 4.29. The lowest BCUT2D eigenvalue weighted by Gasteiger charge is -2.09. The number of furan rings is 1. The van der Waals surface area contributed by atoms with Gasteiger partial charge in [-0.15, -0.1) is 0 Å². The molecule has 0 unspecified atom stereocenters. The topological polar surface area (TPSA) is 79.5 Å². The number of anilines is 1. The molecule has 128 valence electrons. The molecule has 0 atom stereocenters. The predicted molar refractivity (Wildman–Crippen MR) is 99.8 cm³/mol. The summed E-state index contributed by atoms with van der Waals surface area (Å²) in [6.07, 6.45) is 0. The summed E-state index contributed by atoms with van der Waals surface area (Å²) in [5.74, 6) is -1.46. The number of amides is 1. The summed E-state index contributed by atoms with van der Waals surface area (Å²) >= 11 is 0. The zero-order chi connectivity index (χ0) is 18.3. The Labute approximate surface area is 148 Å². The summed E-state index contributed by atoms with van der Waals surface area (Å²) in [7, 11) is 0. The number of para-hydroxylation sites is 1. The van der Waals surface area contributed by atoms with Crippen molar-refractivity contribution < 1.29 is 19.1 Å². The smallest absolute Gasteiger partial charge is 0.337 e. The minimum Gasteiger partial charge on any atom is -0.478 e. The second kappa shape index (κ2) is 6.04. The molecular formula is C21H15NO4. The van der Waals surface area contributed by atoms with E-state index in [1.54, 1.807) is 30.3 Å².